The third kappa shape index (κ3) is 9.38. The van der Waals surface area contributed by atoms with E-state index in [1.165, 1.54) is 0 Å². The van der Waals surface area contributed by atoms with Crippen molar-refractivity contribution in [2.75, 3.05) is 13.2 Å². The summed E-state index contributed by atoms with van der Waals surface area (Å²) in [4.78, 5) is 52.1. The van der Waals surface area contributed by atoms with E-state index in [4.69, 9.17) is 10.5 Å². The van der Waals surface area contributed by atoms with Crippen molar-refractivity contribution in [3.63, 3.8) is 0 Å². The molecule has 0 aromatic heterocycles. The summed E-state index contributed by atoms with van der Waals surface area (Å²) in [6, 6.07) is 2.77. The molecule has 0 saturated carbocycles. The summed E-state index contributed by atoms with van der Waals surface area (Å²) in [6.45, 7) is 11.6. The normalized spacial score (nSPS) is 13.1. The second kappa shape index (κ2) is 12.4. The monoisotopic (exact) mass is 478 g/mol. The Morgan fingerprint density at radius 2 is 1.62 bits per heavy atom. The standard InChI is InChI=1S/C24H38N4O6/c1-14(2)26-21(31)20(17-11-15(3)10-16(4)12-17)28(8-9-29)22(32)18(13-19(25)30)27-23(33)34-24(5,6)7/h10-12,14,18,20,29H,8-9,13H2,1-7H3,(H2,25,30)(H,26,31)(H,27,33). The molecule has 0 aliphatic heterocycles. The fraction of sp³-hybridized carbons (Fsp3) is 0.583. The second-order valence-electron chi connectivity index (χ2n) is 9.61. The first-order valence-corrected chi connectivity index (χ1v) is 11.2. The van der Waals surface area contributed by atoms with Gasteiger partial charge in [-0.3, -0.25) is 14.4 Å². The van der Waals surface area contributed by atoms with Gasteiger partial charge in [0, 0.05) is 12.6 Å². The number of nitrogens with one attached hydrogen (secondary N) is 2. The Morgan fingerprint density at radius 3 is 2.06 bits per heavy atom. The number of benzene rings is 1. The van der Waals surface area contributed by atoms with E-state index in [1.54, 1.807) is 46.8 Å². The summed E-state index contributed by atoms with van der Waals surface area (Å²) < 4.78 is 5.21. The van der Waals surface area contributed by atoms with E-state index in [0.29, 0.717) is 5.56 Å². The van der Waals surface area contributed by atoms with Crippen molar-refractivity contribution in [1.29, 1.82) is 0 Å². The molecule has 0 saturated heterocycles. The van der Waals surface area contributed by atoms with E-state index in [2.05, 4.69) is 10.6 Å². The number of ether oxygens (including phenoxy) is 1. The molecule has 0 fully saturated rings. The maximum atomic E-state index is 13.6. The molecule has 4 amide bonds. The Balaban J connectivity index is 3.49. The molecule has 34 heavy (non-hydrogen) atoms. The molecule has 2 atom stereocenters. The minimum absolute atomic E-state index is 0.215. The van der Waals surface area contributed by atoms with Gasteiger partial charge in [0.2, 0.25) is 17.7 Å². The van der Waals surface area contributed by atoms with Crippen molar-refractivity contribution in [2.24, 2.45) is 5.73 Å². The molecule has 1 aromatic rings. The Kier molecular flexibility index (Phi) is 10.5. The number of hydrogen-bond acceptors (Lipinski definition) is 6. The zero-order chi connectivity index (χ0) is 26.2. The lowest BCUT2D eigenvalue weighted by Crippen LogP contribution is -2.55. The minimum atomic E-state index is -1.39. The zero-order valence-corrected chi connectivity index (χ0v) is 21.1. The SMILES string of the molecule is Cc1cc(C)cc(C(C(=O)NC(C)C)N(CCO)C(=O)C(CC(N)=O)NC(=O)OC(C)(C)C)c1. The molecule has 0 heterocycles. The highest BCUT2D eigenvalue weighted by atomic mass is 16.6. The molecule has 10 heteroatoms. The van der Waals surface area contributed by atoms with E-state index >= 15 is 0 Å². The summed E-state index contributed by atoms with van der Waals surface area (Å²) in [5.41, 5.74) is 6.79. The number of aliphatic hydroxyl groups is 1. The van der Waals surface area contributed by atoms with Crippen LogP contribution in [0.25, 0.3) is 0 Å². The molecule has 2 unspecified atom stereocenters. The largest absolute Gasteiger partial charge is 0.444 e. The highest BCUT2D eigenvalue weighted by molar-refractivity contribution is 5.94. The highest BCUT2D eigenvalue weighted by Gasteiger charge is 2.37. The zero-order valence-electron chi connectivity index (χ0n) is 21.1. The molecule has 0 radical (unpaired) electrons. The van der Waals surface area contributed by atoms with Crippen molar-refractivity contribution in [3.05, 3.63) is 34.9 Å². The number of carbonyl (C=O) groups is 4. The fourth-order valence-electron chi connectivity index (χ4n) is 3.53. The molecular weight excluding hydrogens is 440 g/mol. The number of hydrogen-bond donors (Lipinski definition) is 4. The minimum Gasteiger partial charge on any atom is -0.444 e. The molecule has 0 spiro atoms. The summed E-state index contributed by atoms with van der Waals surface area (Å²) in [7, 11) is 0. The second-order valence-corrected chi connectivity index (χ2v) is 9.61. The van der Waals surface area contributed by atoms with Gasteiger partial charge in [-0.15, -0.1) is 0 Å². The molecule has 0 aliphatic carbocycles. The fourth-order valence-corrected chi connectivity index (χ4v) is 3.53. The number of aryl methyl sites for hydroxylation is 2. The smallest absolute Gasteiger partial charge is 0.408 e. The van der Waals surface area contributed by atoms with Crippen molar-refractivity contribution >= 4 is 23.8 Å². The molecule has 190 valence electrons. The van der Waals surface area contributed by atoms with Crippen LogP contribution in [0.4, 0.5) is 4.79 Å². The number of amides is 4. The van der Waals surface area contributed by atoms with Gasteiger partial charge in [0.25, 0.3) is 0 Å². The lowest BCUT2D eigenvalue weighted by molar-refractivity contribution is -0.144. The van der Waals surface area contributed by atoms with E-state index in [-0.39, 0.29) is 12.6 Å². The maximum absolute atomic E-state index is 13.6. The highest BCUT2D eigenvalue weighted by Crippen LogP contribution is 2.25. The molecule has 1 aromatic carbocycles. The number of primary amides is 1. The molecule has 10 nitrogen and oxygen atoms in total. The van der Waals surface area contributed by atoms with Gasteiger partial charge >= 0.3 is 6.09 Å². The summed E-state index contributed by atoms with van der Waals surface area (Å²) in [6.07, 6.45) is -1.42. The number of alkyl carbamates (subject to hydrolysis) is 1. The van der Waals surface area contributed by atoms with E-state index in [9.17, 15) is 24.3 Å². The summed E-state index contributed by atoms with van der Waals surface area (Å²) >= 11 is 0. The Hall–Kier alpha value is -3.14. The quantitative estimate of drug-likeness (QED) is 0.400. The van der Waals surface area contributed by atoms with E-state index in [0.717, 1.165) is 16.0 Å². The molecule has 1 rings (SSSR count). The number of aliphatic hydroxyl groups excluding tert-OH is 1. The van der Waals surface area contributed by atoms with Gasteiger partial charge in [-0.2, -0.15) is 0 Å². The Morgan fingerprint density at radius 1 is 1.06 bits per heavy atom. The van der Waals surface area contributed by atoms with Crippen LogP contribution in [0.3, 0.4) is 0 Å². The van der Waals surface area contributed by atoms with Crippen LogP contribution in [0.1, 0.15) is 63.8 Å². The first kappa shape index (κ1) is 28.9. The summed E-state index contributed by atoms with van der Waals surface area (Å²) in [5.74, 6) is -2.04. The number of nitrogens with two attached hydrogens (primary N) is 1. The van der Waals surface area contributed by atoms with Crippen LogP contribution in [0.2, 0.25) is 0 Å². The molecule has 0 aliphatic rings. The van der Waals surface area contributed by atoms with Gasteiger partial charge in [-0.25, -0.2) is 4.79 Å². The maximum Gasteiger partial charge on any atom is 0.408 e. The third-order valence-corrected chi connectivity index (χ3v) is 4.57. The number of nitrogens with zero attached hydrogens (tertiary/aromatic N) is 1. The first-order chi connectivity index (χ1) is 15.6. The van der Waals surface area contributed by atoms with Crippen LogP contribution in [0, 0.1) is 13.8 Å². The predicted octanol–water partition coefficient (Wildman–Crippen LogP) is 1.46. The van der Waals surface area contributed by atoms with Crippen LogP contribution in [-0.4, -0.2) is 64.7 Å². The van der Waals surface area contributed by atoms with Crippen LogP contribution < -0.4 is 16.4 Å². The lowest BCUT2D eigenvalue weighted by Gasteiger charge is -2.34. The first-order valence-electron chi connectivity index (χ1n) is 11.2. The van der Waals surface area contributed by atoms with Crippen LogP contribution in [0.15, 0.2) is 18.2 Å². The molecular formula is C24H38N4O6. The predicted molar refractivity (Wildman–Crippen MR) is 128 cm³/mol. The average Bonchev–Trinajstić information content (AvgIpc) is 2.63. The van der Waals surface area contributed by atoms with Crippen LogP contribution in [0.5, 0.6) is 0 Å². The van der Waals surface area contributed by atoms with Gasteiger partial charge < -0.3 is 31.1 Å². The number of rotatable bonds is 10. The van der Waals surface area contributed by atoms with Crippen molar-refractivity contribution in [2.45, 2.75) is 78.6 Å². The van der Waals surface area contributed by atoms with Gasteiger partial charge in [0.15, 0.2) is 0 Å². The topological polar surface area (TPSA) is 151 Å². The van der Waals surface area contributed by atoms with Crippen LogP contribution >= 0.6 is 0 Å². The van der Waals surface area contributed by atoms with Crippen LogP contribution in [-0.2, 0) is 19.1 Å². The van der Waals surface area contributed by atoms with Gasteiger partial charge in [-0.05, 0) is 54.0 Å². The third-order valence-electron chi connectivity index (χ3n) is 4.57. The van der Waals surface area contributed by atoms with Gasteiger partial charge in [0.05, 0.1) is 13.0 Å². The summed E-state index contributed by atoms with van der Waals surface area (Å²) in [5, 5.41) is 14.9. The van der Waals surface area contributed by atoms with Crippen molar-refractivity contribution < 1.29 is 29.0 Å². The lowest BCUT2D eigenvalue weighted by atomic mass is 9.98. The average molecular weight is 479 g/mol. The Labute approximate surface area is 201 Å². The molecule has 0 bridgehead atoms. The number of carbonyl (C=O) groups excluding carboxylic acids is 4. The Bertz CT molecular complexity index is 874. The van der Waals surface area contributed by atoms with Gasteiger partial charge in [0.1, 0.15) is 17.7 Å². The van der Waals surface area contributed by atoms with Gasteiger partial charge in [-0.1, -0.05) is 29.3 Å². The van der Waals surface area contributed by atoms with Crippen molar-refractivity contribution in [1.82, 2.24) is 15.5 Å². The van der Waals surface area contributed by atoms with E-state index < -0.39 is 54.5 Å². The van der Waals surface area contributed by atoms with E-state index in [1.807, 2.05) is 19.9 Å². The molecule has 5 N–H and O–H groups in total. The van der Waals surface area contributed by atoms with Crippen molar-refractivity contribution in [3.8, 4) is 0 Å².